The molecule has 152 valence electrons. The van der Waals surface area contributed by atoms with E-state index in [0.29, 0.717) is 18.1 Å². The highest BCUT2D eigenvalue weighted by molar-refractivity contribution is 5.65. The van der Waals surface area contributed by atoms with Crippen LogP contribution in [-0.2, 0) is 6.42 Å². The Bertz CT molecular complexity index is 924. The van der Waals surface area contributed by atoms with Gasteiger partial charge in [0.15, 0.2) is 0 Å². The summed E-state index contributed by atoms with van der Waals surface area (Å²) < 4.78 is 0. The monoisotopic (exact) mass is 394 g/mol. The summed E-state index contributed by atoms with van der Waals surface area (Å²) in [5.74, 6) is 1.27. The second kappa shape index (κ2) is 9.24. The van der Waals surface area contributed by atoms with Crippen LogP contribution in [-0.4, -0.2) is 40.3 Å². The number of nitriles is 1. The third-order valence-corrected chi connectivity index (χ3v) is 5.01. The number of carboxylic acid groups (broad SMARTS) is 1. The van der Waals surface area contributed by atoms with Crippen molar-refractivity contribution >= 4 is 23.5 Å². The molecular weight excluding hydrogens is 368 g/mol. The second-order valence-corrected chi connectivity index (χ2v) is 7.29. The molecule has 3 N–H and O–H groups in total. The third-order valence-electron chi connectivity index (χ3n) is 5.01. The molecule has 1 aliphatic rings. The van der Waals surface area contributed by atoms with Gasteiger partial charge in [0.25, 0.3) is 0 Å². The van der Waals surface area contributed by atoms with Crippen LogP contribution in [0.15, 0.2) is 24.3 Å². The van der Waals surface area contributed by atoms with Crippen molar-refractivity contribution in [1.29, 1.82) is 5.26 Å². The number of hydrogen-bond donors (Lipinski definition) is 3. The van der Waals surface area contributed by atoms with E-state index in [1.165, 1.54) is 0 Å². The highest BCUT2D eigenvalue weighted by Gasteiger charge is 2.25. The molecule has 1 atom stereocenters. The standard InChI is InChI=1S/C21H26N6O2/c1-3-4-5-16-11-19(27-9-8-18(13-27)25-21(28)29)26-20(23-16)24-17-7-6-14(2)15(10-17)12-22/h6-7,10-11,18,25H,3-5,8-9,13H2,1-2H3,(H,28,29)(H,23,24,26)/t18-/m0/s1. The van der Waals surface area contributed by atoms with E-state index in [9.17, 15) is 10.1 Å². The Hall–Kier alpha value is -3.34. The van der Waals surface area contributed by atoms with Crippen LogP contribution in [0, 0.1) is 18.3 Å². The Kier molecular flexibility index (Phi) is 6.50. The lowest BCUT2D eigenvalue weighted by Gasteiger charge is -2.19. The number of anilines is 3. The van der Waals surface area contributed by atoms with E-state index in [0.717, 1.165) is 55.0 Å². The highest BCUT2D eigenvalue weighted by atomic mass is 16.4. The number of rotatable bonds is 7. The summed E-state index contributed by atoms with van der Waals surface area (Å²) in [6, 6.07) is 9.66. The van der Waals surface area contributed by atoms with Crippen LogP contribution in [0.25, 0.3) is 0 Å². The molecule has 8 nitrogen and oxygen atoms in total. The predicted molar refractivity (Wildman–Crippen MR) is 112 cm³/mol. The summed E-state index contributed by atoms with van der Waals surface area (Å²) in [4.78, 5) is 22.3. The maximum atomic E-state index is 10.9. The average Bonchev–Trinajstić information content (AvgIpc) is 3.15. The SMILES string of the molecule is CCCCc1cc(N2CC[C@H](NC(=O)O)C2)nc(Nc2ccc(C)c(C#N)c2)n1. The molecule has 1 aromatic carbocycles. The zero-order valence-corrected chi connectivity index (χ0v) is 16.8. The van der Waals surface area contributed by atoms with Crippen molar-refractivity contribution in [2.75, 3.05) is 23.3 Å². The summed E-state index contributed by atoms with van der Waals surface area (Å²) in [7, 11) is 0. The van der Waals surface area contributed by atoms with E-state index in [4.69, 9.17) is 5.11 Å². The minimum absolute atomic E-state index is 0.103. The molecule has 2 aromatic rings. The number of amides is 1. The second-order valence-electron chi connectivity index (χ2n) is 7.29. The van der Waals surface area contributed by atoms with Crippen molar-refractivity contribution in [1.82, 2.24) is 15.3 Å². The van der Waals surface area contributed by atoms with Crippen LogP contribution in [0.4, 0.5) is 22.2 Å². The van der Waals surface area contributed by atoms with Gasteiger partial charge in [-0.15, -0.1) is 0 Å². The highest BCUT2D eigenvalue weighted by Crippen LogP contribution is 2.24. The summed E-state index contributed by atoms with van der Waals surface area (Å²) in [6.45, 7) is 5.35. The minimum Gasteiger partial charge on any atom is -0.465 e. The summed E-state index contributed by atoms with van der Waals surface area (Å²) in [5.41, 5.74) is 3.24. The molecule has 0 saturated carbocycles. The van der Waals surface area contributed by atoms with Crippen LogP contribution < -0.4 is 15.5 Å². The lowest BCUT2D eigenvalue weighted by atomic mass is 10.1. The molecule has 0 bridgehead atoms. The molecule has 2 heterocycles. The Balaban J connectivity index is 1.84. The molecular formula is C21H26N6O2. The largest absolute Gasteiger partial charge is 0.465 e. The van der Waals surface area contributed by atoms with E-state index in [1.807, 2.05) is 25.1 Å². The number of aryl methyl sites for hydroxylation is 2. The molecule has 29 heavy (non-hydrogen) atoms. The lowest BCUT2D eigenvalue weighted by Crippen LogP contribution is -2.36. The van der Waals surface area contributed by atoms with Crippen LogP contribution in [0.3, 0.4) is 0 Å². The number of carbonyl (C=O) groups is 1. The normalized spacial score (nSPS) is 15.8. The Morgan fingerprint density at radius 1 is 1.38 bits per heavy atom. The fraction of sp³-hybridized carbons (Fsp3) is 0.429. The molecule has 0 spiro atoms. The van der Waals surface area contributed by atoms with Crippen LogP contribution in [0.2, 0.25) is 0 Å². The van der Waals surface area contributed by atoms with Crippen molar-refractivity contribution in [2.24, 2.45) is 0 Å². The first-order chi connectivity index (χ1) is 14.0. The van der Waals surface area contributed by atoms with E-state index in [1.54, 1.807) is 6.07 Å². The Morgan fingerprint density at radius 3 is 2.93 bits per heavy atom. The van der Waals surface area contributed by atoms with Crippen LogP contribution in [0.5, 0.6) is 0 Å². The number of hydrogen-bond acceptors (Lipinski definition) is 6. The van der Waals surface area contributed by atoms with Crippen molar-refractivity contribution in [3.05, 3.63) is 41.1 Å². The minimum atomic E-state index is -1.00. The van der Waals surface area contributed by atoms with Gasteiger partial charge in [-0.1, -0.05) is 19.4 Å². The first kappa shape index (κ1) is 20.4. The van der Waals surface area contributed by atoms with E-state index < -0.39 is 6.09 Å². The summed E-state index contributed by atoms with van der Waals surface area (Å²) in [5, 5.41) is 24.0. The molecule has 0 unspecified atom stereocenters. The third kappa shape index (κ3) is 5.35. The number of nitrogens with zero attached hydrogens (tertiary/aromatic N) is 4. The van der Waals surface area contributed by atoms with Gasteiger partial charge in [0, 0.05) is 30.5 Å². The average molecular weight is 394 g/mol. The Morgan fingerprint density at radius 2 is 2.21 bits per heavy atom. The summed E-state index contributed by atoms with van der Waals surface area (Å²) >= 11 is 0. The zero-order valence-electron chi connectivity index (χ0n) is 16.8. The number of benzene rings is 1. The number of aromatic nitrogens is 2. The molecule has 3 rings (SSSR count). The maximum Gasteiger partial charge on any atom is 0.404 e. The van der Waals surface area contributed by atoms with Gasteiger partial charge in [-0.2, -0.15) is 10.2 Å². The molecule has 1 amide bonds. The van der Waals surface area contributed by atoms with Crippen LogP contribution >= 0.6 is 0 Å². The van der Waals surface area contributed by atoms with Gasteiger partial charge in [0.05, 0.1) is 17.7 Å². The van der Waals surface area contributed by atoms with E-state index in [2.05, 4.69) is 38.5 Å². The van der Waals surface area contributed by atoms with Gasteiger partial charge in [0.2, 0.25) is 5.95 Å². The molecule has 0 radical (unpaired) electrons. The summed E-state index contributed by atoms with van der Waals surface area (Å²) in [6.07, 6.45) is 2.69. The van der Waals surface area contributed by atoms with E-state index in [-0.39, 0.29) is 6.04 Å². The fourth-order valence-electron chi connectivity index (χ4n) is 3.40. The van der Waals surface area contributed by atoms with Crippen molar-refractivity contribution in [3.63, 3.8) is 0 Å². The molecule has 1 fully saturated rings. The quantitative estimate of drug-likeness (QED) is 0.657. The van der Waals surface area contributed by atoms with Crippen molar-refractivity contribution in [2.45, 2.75) is 45.6 Å². The van der Waals surface area contributed by atoms with E-state index >= 15 is 0 Å². The number of nitrogens with one attached hydrogen (secondary N) is 2. The Labute approximate surface area is 170 Å². The fourth-order valence-corrected chi connectivity index (χ4v) is 3.40. The zero-order chi connectivity index (χ0) is 20.8. The van der Waals surface area contributed by atoms with Gasteiger partial charge >= 0.3 is 6.09 Å². The first-order valence-electron chi connectivity index (χ1n) is 9.88. The topological polar surface area (TPSA) is 114 Å². The van der Waals surface area contributed by atoms with Crippen LogP contribution in [0.1, 0.15) is 43.0 Å². The van der Waals surface area contributed by atoms with Crippen molar-refractivity contribution in [3.8, 4) is 6.07 Å². The van der Waals surface area contributed by atoms with Crippen molar-refractivity contribution < 1.29 is 9.90 Å². The molecule has 1 saturated heterocycles. The van der Waals surface area contributed by atoms with Gasteiger partial charge < -0.3 is 20.6 Å². The van der Waals surface area contributed by atoms with Gasteiger partial charge in [0.1, 0.15) is 5.82 Å². The molecule has 8 heteroatoms. The predicted octanol–water partition coefficient (Wildman–Crippen LogP) is 3.59. The maximum absolute atomic E-state index is 10.9. The van der Waals surface area contributed by atoms with Gasteiger partial charge in [-0.25, -0.2) is 9.78 Å². The van der Waals surface area contributed by atoms with Gasteiger partial charge in [-0.05, 0) is 43.9 Å². The lowest BCUT2D eigenvalue weighted by molar-refractivity contribution is 0.191. The molecule has 1 aromatic heterocycles. The van der Waals surface area contributed by atoms with Gasteiger partial charge in [-0.3, -0.25) is 0 Å². The molecule has 0 aliphatic carbocycles. The smallest absolute Gasteiger partial charge is 0.404 e. The first-order valence-corrected chi connectivity index (χ1v) is 9.88. The number of unbranched alkanes of at least 4 members (excludes halogenated alkanes) is 1. The molecule has 1 aliphatic heterocycles.